The second kappa shape index (κ2) is 5.51. The molecule has 18 heavy (non-hydrogen) atoms. The van der Waals surface area contributed by atoms with E-state index in [1.807, 2.05) is 5.01 Å². The predicted octanol–water partition coefficient (Wildman–Crippen LogP) is 0.209. The number of halogens is 1. The number of nitrogen functional groups attached to an aromatic ring is 1. The summed E-state index contributed by atoms with van der Waals surface area (Å²) in [6.45, 7) is 3.47. The number of carbonyl (C=O) groups excluding carboxylic acids is 1. The van der Waals surface area contributed by atoms with Crippen LogP contribution in [-0.2, 0) is 0 Å². The maximum Gasteiger partial charge on any atom is 0.267 e. The van der Waals surface area contributed by atoms with E-state index in [2.05, 4.69) is 22.4 Å². The zero-order valence-corrected chi connectivity index (χ0v) is 10.9. The van der Waals surface area contributed by atoms with Gasteiger partial charge in [0.1, 0.15) is 5.82 Å². The Kier molecular flexibility index (Phi) is 4.00. The third-order valence-electron chi connectivity index (χ3n) is 2.89. The fraction of sp³-hybridized carbons (Fsp3) is 0.455. The average Bonchev–Trinajstić information content (AvgIpc) is 2.35. The number of nitrogens with zero attached hydrogens (tertiary/aromatic N) is 3. The van der Waals surface area contributed by atoms with Gasteiger partial charge in [-0.1, -0.05) is 11.6 Å². The van der Waals surface area contributed by atoms with E-state index in [9.17, 15) is 4.79 Å². The molecule has 1 aromatic rings. The van der Waals surface area contributed by atoms with Crippen molar-refractivity contribution in [3.63, 3.8) is 0 Å². The van der Waals surface area contributed by atoms with Crippen molar-refractivity contribution < 1.29 is 4.79 Å². The van der Waals surface area contributed by atoms with Crippen molar-refractivity contribution in [2.24, 2.45) is 0 Å². The van der Waals surface area contributed by atoms with Crippen LogP contribution in [0.5, 0.6) is 0 Å². The second-order valence-electron chi connectivity index (χ2n) is 4.32. The van der Waals surface area contributed by atoms with E-state index >= 15 is 0 Å². The van der Waals surface area contributed by atoms with Crippen LogP contribution in [-0.4, -0.2) is 54.0 Å². The summed E-state index contributed by atoms with van der Waals surface area (Å²) in [7, 11) is 2.06. The molecule has 0 saturated carbocycles. The second-order valence-corrected chi connectivity index (χ2v) is 4.73. The van der Waals surface area contributed by atoms with Crippen molar-refractivity contribution in [3.8, 4) is 0 Å². The standard InChI is InChI=1S/C11H16ClN5O/c1-16-2-4-17(5-3-16)15-11(18)8-6-9(12)10(13)14-7-8/h6-7H,2-5H2,1H3,(H2,13,14)(H,15,18). The number of likely N-dealkylation sites (N-methyl/N-ethyl adjacent to an activating group) is 1. The van der Waals surface area contributed by atoms with E-state index in [1.165, 1.54) is 12.3 Å². The van der Waals surface area contributed by atoms with Crippen LogP contribution in [0.4, 0.5) is 5.82 Å². The lowest BCUT2D eigenvalue weighted by Crippen LogP contribution is -2.52. The summed E-state index contributed by atoms with van der Waals surface area (Å²) in [6.07, 6.45) is 1.42. The highest BCUT2D eigenvalue weighted by Crippen LogP contribution is 2.16. The molecule has 2 heterocycles. The molecule has 0 atom stereocenters. The SMILES string of the molecule is CN1CCN(NC(=O)c2cnc(N)c(Cl)c2)CC1. The van der Waals surface area contributed by atoms with Gasteiger partial charge in [-0.05, 0) is 13.1 Å². The van der Waals surface area contributed by atoms with Gasteiger partial charge in [0, 0.05) is 32.4 Å². The topological polar surface area (TPSA) is 74.5 Å². The van der Waals surface area contributed by atoms with Gasteiger partial charge < -0.3 is 10.6 Å². The van der Waals surface area contributed by atoms with Gasteiger partial charge in [-0.25, -0.2) is 9.99 Å². The van der Waals surface area contributed by atoms with Crippen LogP contribution >= 0.6 is 11.6 Å². The molecule has 0 aromatic carbocycles. The minimum atomic E-state index is -0.214. The number of anilines is 1. The van der Waals surface area contributed by atoms with E-state index in [0.717, 1.165) is 26.2 Å². The Morgan fingerprint density at radius 2 is 2.11 bits per heavy atom. The quantitative estimate of drug-likeness (QED) is 0.803. The highest BCUT2D eigenvalue weighted by Gasteiger charge is 2.17. The number of rotatable bonds is 2. The summed E-state index contributed by atoms with van der Waals surface area (Å²) in [5, 5.41) is 2.19. The summed E-state index contributed by atoms with van der Waals surface area (Å²) in [4.78, 5) is 18.0. The number of hydrogen-bond donors (Lipinski definition) is 2. The Hall–Kier alpha value is -1.37. The number of piperazine rings is 1. The van der Waals surface area contributed by atoms with Crippen LogP contribution in [0.1, 0.15) is 10.4 Å². The van der Waals surface area contributed by atoms with Crippen LogP contribution in [0.2, 0.25) is 5.02 Å². The molecule has 2 rings (SSSR count). The first kappa shape index (κ1) is 13.1. The first-order valence-corrected chi connectivity index (χ1v) is 6.09. The van der Waals surface area contributed by atoms with E-state index in [4.69, 9.17) is 17.3 Å². The molecule has 0 spiro atoms. The monoisotopic (exact) mass is 269 g/mol. The van der Waals surface area contributed by atoms with Gasteiger partial charge in [0.2, 0.25) is 0 Å². The summed E-state index contributed by atoms with van der Waals surface area (Å²) >= 11 is 5.83. The Morgan fingerprint density at radius 3 is 2.72 bits per heavy atom. The third kappa shape index (κ3) is 3.10. The fourth-order valence-electron chi connectivity index (χ4n) is 1.70. The number of hydrazine groups is 1. The van der Waals surface area contributed by atoms with Crippen LogP contribution in [0.25, 0.3) is 0 Å². The van der Waals surface area contributed by atoms with E-state index < -0.39 is 0 Å². The largest absolute Gasteiger partial charge is 0.382 e. The Labute approximate surface area is 111 Å². The average molecular weight is 270 g/mol. The van der Waals surface area contributed by atoms with Crippen molar-refractivity contribution >= 4 is 23.3 Å². The lowest BCUT2D eigenvalue weighted by Gasteiger charge is -2.32. The predicted molar refractivity (Wildman–Crippen MR) is 70.2 cm³/mol. The molecule has 0 bridgehead atoms. The smallest absolute Gasteiger partial charge is 0.267 e. The minimum Gasteiger partial charge on any atom is -0.382 e. The molecule has 0 aliphatic carbocycles. The maximum absolute atomic E-state index is 12.0. The fourth-order valence-corrected chi connectivity index (χ4v) is 1.87. The molecule has 1 aromatic heterocycles. The van der Waals surface area contributed by atoms with Crippen LogP contribution in [0, 0.1) is 0 Å². The zero-order chi connectivity index (χ0) is 13.1. The van der Waals surface area contributed by atoms with Crippen molar-refractivity contribution in [2.45, 2.75) is 0 Å². The van der Waals surface area contributed by atoms with Crippen LogP contribution in [0.15, 0.2) is 12.3 Å². The molecule has 7 heteroatoms. The minimum absolute atomic E-state index is 0.214. The molecule has 1 aliphatic rings. The summed E-state index contributed by atoms with van der Waals surface area (Å²) in [5.74, 6) is 0.0155. The summed E-state index contributed by atoms with van der Waals surface area (Å²) in [6, 6.07) is 1.52. The first-order chi connectivity index (χ1) is 8.56. The number of aromatic nitrogens is 1. The number of pyridine rings is 1. The molecule has 6 nitrogen and oxygen atoms in total. The van der Waals surface area contributed by atoms with Crippen LogP contribution < -0.4 is 11.2 Å². The summed E-state index contributed by atoms with van der Waals surface area (Å²) in [5.41, 5.74) is 8.74. The van der Waals surface area contributed by atoms with Gasteiger partial charge in [0.05, 0.1) is 10.6 Å². The summed E-state index contributed by atoms with van der Waals surface area (Å²) < 4.78 is 0. The molecule has 98 valence electrons. The highest BCUT2D eigenvalue weighted by atomic mass is 35.5. The Morgan fingerprint density at radius 1 is 1.44 bits per heavy atom. The van der Waals surface area contributed by atoms with E-state index in [1.54, 1.807) is 0 Å². The van der Waals surface area contributed by atoms with Gasteiger partial charge in [0.15, 0.2) is 0 Å². The number of amides is 1. The Balaban J connectivity index is 1.97. The van der Waals surface area contributed by atoms with Crippen molar-refractivity contribution in [3.05, 3.63) is 22.8 Å². The number of nitrogens with one attached hydrogen (secondary N) is 1. The van der Waals surface area contributed by atoms with Gasteiger partial charge in [-0.15, -0.1) is 0 Å². The van der Waals surface area contributed by atoms with Crippen LogP contribution in [0.3, 0.4) is 0 Å². The van der Waals surface area contributed by atoms with Gasteiger partial charge in [-0.2, -0.15) is 0 Å². The molecule has 0 unspecified atom stereocenters. The van der Waals surface area contributed by atoms with Crippen molar-refractivity contribution in [1.29, 1.82) is 0 Å². The highest BCUT2D eigenvalue weighted by molar-refractivity contribution is 6.33. The lowest BCUT2D eigenvalue weighted by molar-refractivity contribution is 0.0662. The maximum atomic E-state index is 12.0. The molecular weight excluding hydrogens is 254 g/mol. The zero-order valence-electron chi connectivity index (χ0n) is 10.2. The third-order valence-corrected chi connectivity index (χ3v) is 3.20. The molecule has 1 aliphatic heterocycles. The van der Waals surface area contributed by atoms with E-state index in [0.29, 0.717) is 10.6 Å². The van der Waals surface area contributed by atoms with Gasteiger partial charge in [0.25, 0.3) is 5.91 Å². The van der Waals surface area contributed by atoms with Gasteiger partial charge in [-0.3, -0.25) is 10.2 Å². The molecule has 3 N–H and O–H groups in total. The molecule has 0 radical (unpaired) electrons. The van der Waals surface area contributed by atoms with Gasteiger partial charge >= 0.3 is 0 Å². The van der Waals surface area contributed by atoms with Crippen molar-refractivity contribution in [1.82, 2.24) is 20.3 Å². The molecule has 1 amide bonds. The van der Waals surface area contributed by atoms with E-state index in [-0.39, 0.29) is 11.7 Å². The lowest BCUT2D eigenvalue weighted by atomic mass is 10.2. The molecule has 1 fully saturated rings. The normalized spacial score (nSPS) is 17.7. The van der Waals surface area contributed by atoms with Crippen molar-refractivity contribution in [2.75, 3.05) is 39.0 Å². The number of carbonyl (C=O) groups is 1. The number of hydrogen-bond acceptors (Lipinski definition) is 5. The molecular formula is C11H16ClN5O. The molecule has 1 saturated heterocycles. The number of nitrogens with two attached hydrogens (primary N) is 1. The first-order valence-electron chi connectivity index (χ1n) is 5.72. The Bertz CT molecular complexity index is 445.